The second-order valence-corrected chi connectivity index (χ2v) is 9.06. The van der Waals surface area contributed by atoms with Crippen LogP contribution in [-0.4, -0.2) is 22.5 Å². The van der Waals surface area contributed by atoms with E-state index in [0.29, 0.717) is 29.2 Å². The molecule has 4 aromatic carbocycles. The van der Waals surface area contributed by atoms with Crippen molar-refractivity contribution in [2.45, 2.75) is 13.5 Å². The second-order valence-electron chi connectivity index (χ2n) is 8.15. The van der Waals surface area contributed by atoms with Crippen molar-refractivity contribution in [3.8, 4) is 5.75 Å². The lowest BCUT2D eigenvalue weighted by molar-refractivity contribution is -0.123. The Labute approximate surface area is 211 Å². The summed E-state index contributed by atoms with van der Waals surface area (Å²) in [5.41, 5.74) is 3.04. The van der Waals surface area contributed by atoms with Crippen LogP contribution in [0, 0.1) is 0 Å². The quantitative estimate of drug-likeness (QED) is 0.217. The fourth-order valence-electron chi connectivity index (χ4n) is 3.96. The van der Waals surface area contributed by atoms with Gasteiger partial charge in [-0.25, -0.2) is 0 Å². The Kier molecular flexibility index (Phi) is 6.29. The van der Waals surface area contributed by atoms with Crippen LogP contribution in [0.5, 0.6) is 5.75 Å². The normalized spacial score (nSPS) is 14.5. The van der Waals surface area contributed by atoms with E-state index in [-0.39, 0.29) is 0 Å². The number of fused-ring (bicyclic) bond motifs is 1. The summed E-state index contributed by atoms with van der Waals surface area (Å²) in [5.74, 6) is -0.265. The predicted octanol–water partition coefficient (Wildman–Crippen LogP) is 6.62. The van der Waals surface area contributed by atoms with Gasteiger partial charge in [-0.1, -0.05) is 76.6 Å². The lowest BCUT2D eigenvalue weighted by atomic mass is 9.99. The number of ether oxygens (including phenoxy) is 1. The Morgan fingerprint density at radius 1 is 0.943 bits per heavy atom. The van der Waals surface area contributed by atoms with E-state index in [2.05, 4.69) is 21.0 Å². The van der Waals surface area contributed by atoms with Crippen molar-refractivity contribution in [2.75, 3.05) is 0 Å². The van der Waals surface area contributed by atoms with E-state index in [1.807, 2.05) is 66.7 Å². The van der Waals surface area contributed by atoms with Gasteiger partial charge in [0.15, 0.2) is 0 Å². The van der Waals surface area contributed by atoms with Crippen molar-refractivity contribution in [3.63, 3.8) is 0 Å². The first-order valence-electron chi connectivity index (χ1n) is 11.1. The topological polar surface area (TPSA) is 59.0 Å². The van der Waals surface area contributed by atoms with Crippen LogP contribution in [0.1, 0.15) is 28.4 Å². The highest BCUT2D eigenvalue weighted by Gasteiger charge is 2.33. The lowest BCUT2D eigenvalue weighted by Crippen LogP contribution is -2.29. The predicted molar refractivity (Wildman–Crippen MR) is 141 cm³/mol. The van der Waals surface area contributed by atoms with Crippen LogP contribution in [0.4, 0.5) is 0 Å². The monoisotopic (exact) mass is 524 g/mol. The minimum Gasteiger partial charge on any atom is -0.488 e. The van der Waals surface area contributed by atoms with E-state index < -0.39 is 11.8 Å². The first kappa shape index (κ1) is 22.7. The molecule has 0 spiro atoms. The first-order chi connectivity index (χ1) is 17.0. The van der Waals surface area contributed by atoms with E-state index in [1.165, 1.54) is 0 Å². The van der Waals surface area contributed by atoms with Crippen molar-refractivity contribution in [3.05, 3.63) is 118 Å². The van der Waals surface area contributed by atoms with Gasteiger partial charge in [-0.3, -0.25) is 9.59 Å². The lowest BCUT2D eigenvalue weighted by Gasteiger charge is -2.13. The van der Waals surface area contributed by atoms with Crippen molar-refractivity contribution < 1.29 is 14.3 Å². The maximum Gasteiger partial charge on any atom is 0.283 e. The van der Waals surface area contributed by atoms with E-state index in [4.69, 9.17) is 4.74 Å². The number of benzene rings is 4. The maximum absolute atomic E-state index is 13.3. The molecule has 0 bridgehead atoms. The van der Waals surface area contributed by atoms with Gasteiger partial charge in [0.2, 0.25) is 0 Å². The molecule has 0 fully saturated rings. The zero-order valence-electron chi connectivity index (χ0n) is 18.9. The highest BCUT2D eigenvalue weighted by molar-refractivity contribution is 9.10. The van der Waals surface area contributed by atoms with E-state index in [1.54, 1.807) is 37.3 Å². The van der Waals surface area contributed by atoms with E-state index >= 15 is 0 Å². The molecular formula is C29H21BrN2O3. The Balaban J connectivity index is 1.52. The number of carbonyl (C=O) groups excluding carboxylic acids is 2. The average molecular weight is 525 g/mol. The van der Waals surface area contributed by atoms with Gasteiger partial charge in [0.1, 0.15) is 12.4 Å². The minimum atomic E-state index is -0.456. The molecule has 1 aliphatic heterocycles. The van der Waals surface area contributed by atoms with Crippen molar-refractivity contribution in [2.24, 2.45) is 5.10 Å². The van der Waals surface area contributed by atoms with Crippen molar-refractivity contribution in [1.29, 1.82) is 0 Å². The Morgan fingerprint density at radius 2 is 1.66 bits per heavy atom. The van der Waals surface area contributed by atoms with Crippen LogP contribution in [-0.2, 0) is 11.4 Å². The molecule has 35 heavy (non-hydrogen) atoms. The highest BCUT2D eigenvalue weighted by atomic mass is 79.9. The molecule has 0 saturated carbocycles. The summed E-state index contributed by atoms with van der Waals surface area (Å²) in [6.07, 6.45) is 1.78. The Morgan fingerprint density at radius 3 is 2.43 bits per heavy atom. The summed E-state index contributed by atoms with van der Waals surface area (Å²) in [6, 6.07) is 28.4. The summed E-state index contributed by atoms with van der Waals surface area (Å²) in [4.78, 5) is 26.2. The number of hydrogen-bond donors (Lipinski definition) is 0. The second kappa shape index (κ2) is 9.68. The van der Waals surface area contributed by atoms with Gasteiger partial charge in [-0.2, -0.15) is 10.1 Å². The molecule has 5 nitrogen and oxygen atoms in total. The van der Waals surface area contributed by atoms with Gasteiger partial charge in [-0.05, 0) is 59.7 Å². The third-order valence-electron chi connectivity index (χ3n) is 5.80. The molecule has 6 heteroatoms. The van der Waals surface area contributed by atoms with E-state index in [0.717, 1.165) is 31.4 Å². The number of amides is 2. The number of hydrazone groups is 1. The van der Waals surface area contributed by atoms with Gasteiger partial charge in [0.05, 0.1) is 11.3 Å². The van der Waals surface area contributed by atoms with Gasteiger partial charge >= 0.3 is 0 Å². The molecule has 0 aliphatic carbocycles. The smallest absolute Gasteiger partial charge is 0.283 e. The van der Waals surface area contributed by atoms with E-state index in [9.17, 15) is 9.59 Å². The van der Waals surface area contributed by atoms with Crippen LogP contribution in [0.25, 0.3) is 16.8 Å². The number of carbonyl (C=O) groups is 2. The van der Waals surface area contributed by atoms with Gasteiger partial charge in [0, 0.05) is 15.6 Å². The molecule has 0 radical (unpaired) electrons. The average Bonchev–Trinajstić information content (AvgIpc) is 3.17. The summed E-state index contributed by atoms with van der Waals surface area (Å²) in [7, 11) is 0. The first-order valence-corrected chi connectivity index (χ1v) is 11.9. The number of halogens is 1. The van der Waals surface area contributed by atoms with Crippen molar-refractivity contribution >= 4 is 50.3 Å². The molecule has 0 N–H and O–H groups in total. The molecule has 2 amide bonds. The highest BCUT2D eigenvalue weighted by Crippen LogP contribution is 2.32. The molecule has 0 atom stereocenters. The summed E-state index contributed by atoms with van der Waals surface area (Å²) in [5, 5.41) is 7.17. The van der Waals surface area contributed by atoms with Crippen LogP contribution in [0.15, 0.2) is 106 Å². The zero-order valence-corrected chi connectivity index (χ0v) is 20.5. The molecular weight excluding hydrogens is 504 g/mol. The minimum absolute atomic E-state index is 0.360. The Bertz CT molecular complexity index is 1490. The largest absolute Gasteiger partial charge is 0.488 e. The SMILES string of the molecule is CC1=NN(C(=O)c2ccccc2)C(=O)/C1=C/c1c(OCc2ccc(Br)cc2)ccc2ccccc12. The molecule has 1 heterocycles. The van der Waals surface area contributed by atoms with Crippen LogP contribution >= 0.6 is 15.9 Å². The molecule has 0 unspecified atom stereocenters. The third-order valence-corrected chi connectivity index (χ3v) is 6.33. The Hall–Kier alpha value is -4.03. The number of hydrogen-bond acceptors (Lipinski definition) is 4. The molecule has 172 valence electrons. The molecule has 4 aromatic rings. The summed E-state index contributed by atoms with van der Waals surface area (Å²) < 4.78 is 7.21. The summed E-state index contributed by atoms with van der Waals surface area (Å²) in [6.45, 7) is 2.11. The van der Waals surface area contributed by atoms with Gasteiger partial charge < -0.3 is 4.74 Å². The maximum atomic E-state index is 13.3. The van der Waals surface area contributed by atoms with Crippen LogP contribution in [0.3, 0.4) is 0 Å². The van der Waals surface area contributed by atoms with Crippen LogP contribution < -0.4 is 4.74 Å². The fourth-order valence-corrected chi connectivity index (χ4v) is 4.23. The van der Waals surface area contributed by atoms with Crippen molar-refractivity contribution in [1.82, 2.24) is 5.01 Å². The third kappa shape index (κ3) is 4.66. The standard InChI is InChI=1S/C29H21BrN2O3/c1-19-25(29(34)32(31-19)28(33)22-8-3-2-4-9-22)17-26-24-10-6-5-7-21(24)13-16-27(26)35-18-20-11-14-23(30)15-12-20/h2-17H,18H2,1H3/b25-17+. The van der Waals surface area contributed by atoms with Gasteiger partial charge in [-0.15, -0.1) is 0 Å². The number of rotatable bonds is 5. The summed E-state index contributed by atoms with van der Waals surface area (Å²) >= 11 is 3.45. The number of nitrogens with zero attached hydrogens (tertiary/aromatic N) is 2. The number of imide groups is 1. The molecule has 1 aliphatic rings. The molecule has 5 rings (SSSR count). The van der Waals surface area contributed by atoms with Crippen LogP contribution in [0.2, 0.25) is 0 Å². The molecule has 0 saturated heterocycles. The fraction of sp³-hybridized carbons (Fsp3) is 0.0690. The zero-order chi connectivity index (χ0) is 24.4. The van der Waals surface area contributed by atoms with Gasteiger partial charge in [0.25, 0.3) is 11.8 Å². The molecule has 0 aromatic heterocycles.